The average Bonchev–Trinajstić information content (AvgIpc) is 3.21. The number of piperazine rings is 1. The van der Waals surface area contributed by atoms with Gasteiger partial charge in [0.2, 0.25) is 10.0 Å². The Kier molecular flexibility index (Phi) is 7.10. The van der Waals surface area contributed by atoms with Crippen LogP contribution in [-0.4, -0.2) is 68.1 Å². The fourth-order valence-electron chi connectivity index (χ4n) is 5.02. The Balaban J connectivity index is 1.29. The molecule has 0 unspecified atom stereocenters. The van der Waals surface area contributed by atoms with E-state index in [9.17, 15) is 18.5 Å². The highest BCUT2D eigenvalue weighted by atomic mass is 32.2. The first kappa shape index (κ1) is 25.1. The van der Waals surface area contributed by atoms with Crippen LogP contribution < -0.4 is 4.74 Å². The Morgan fingerprint density at radius 2 is 1.59 bits per heavy atom. The molecule has 0 N–H and O–H groups in total. The minimum atomic E-state index is -3.14. The van der Waals surface area contributed by atoms with Gasteiger partial charge in [-0.25, -0.2) is 8.42 Å². The van der Waals surface area contributed by atoms with Gasteiger partial charge >= 0.3 is 0 Å². The summed E-state index contributed by atoms with van der Waals surface area (Å²) in [5.74, 6) is 0.805. The predicted molar refractivity (Wildman–Crippen MR) is 144 cm³/mol. The normalized spacial score (nSPS) is 16.9. The van der Waals surface area contributed by atoms with E-state index in [0.29, 0.717) is 39.2 Å². The summed E-state index contributed by atoms with van der Waals surface area (Å²) in [7, 11) is -3.14. The van der Waals surface area contributed by atoms with Crippen LogP contribution in [0.4, 0.5) is 5.69 Å². The summed E-state index contributed by atoms with van der Waals surface area (Å²) < 4.78 is 31.1. The molecule has 37 heavy (non-hydrogen) atoms. The Hall–Kier alpha value is -3.53. The topological polar surface area (TPSA) is 93.0 Å². The summed E-state index contributed by atoms with van der Waals surface area (Å²) in [6, 6.07) is 21.0. The number of ether oxygens (including phenoxy) is 1. The van der Waals surface area contributed by atoms with Crippen LogP contribution in [0.2, 0.25) is 0 Å². The number of non-ortho nitro benzene ring substituents is 1. The van der Waals surface area contributed by atoms with Crippen molar-refractivity contribution in [2.24, 2.45) is 0 Å². The van der Waals surface area contributed by atoms with Gasteiger partial charge in [-0.05, 0) is 51.9 Å². The van der Waals surface area contributed by atoms with E-state index in [-0.39, 0.29) is 10.6 Å². The molecule has 0 saturated carbocycles. The van der Waals surface area contributed by atoms with Crippen molar-refractivity contribution in [2.45, 2.75) is 6.42 Å². The van der Waals surface area contributed by atoms with Gasteiger partial charge < -0.3 is 4.74 Å². The fourth-order valence-corrected chi connectivity index (χ4v) is 5.84. The van der Waals surface area contributed by atoms with Crippen molar-refractivity contribution in [1.29, 1.82) is 0 Å². The van der Waals surface area contributed by atoms with Gasteiger partial charge in [0.1, 0.15) is 12.4 Å². The van der Waals surface area contributed by atoms with Crippen molar-refractivity contribution in [3.63, 3.8) is 0 Å². The third-order valence-corrected chi connectivity index (χ3v) is 8.28. The summed E-state index contributed by atoms with van der Waals surface area (Å²) in [6.45, 7) is 3.61. The molecule has 0 radical (unpaired) electrons. The number of nitro groups is 1. The summed E-state index contributed by atoms with van der Waals surface area (Å²) in [4.78, 5) is 13.3. The highest BCUT2D eigenvalue weighted by Crippen LogP contribution is 2.45. The summed E-state index contributed by atoms with van der Waals surface area (Å²) in [5, 5.41) is 11.4. The first-order valence-electron chi connectivity index (χ1n) is 12.3. The van der Waals surface area contributed by atoms with Crippen molar-refractivity contribution in [3.05, 3.63) is 99.6 Å². The lowest BCUT2D eigenvalue weighted by Crippen LogP contribution is -2.49. The van der Waals surface area contributed by atoms with Crippen molar-refractivity contribution < 1.29 is 18.1 Å². The predicted octanol–water partition coefficient (Wildman–Crippen LogP) is 4.21. The van der Waals surface area contributed by atoms with Gasteiger partial charge in [0.15, 0.2) is 0 Å². The fraction of sp³-hybridized carbons (Fsp3) is 0.286. The maximum absolute atomic E-state index is 11.7. The molecule has 0 spiro atoms. The number of rotatable bonds is 8. The van der Waals surface area contributed by atoms with Crippen LogP contribution in [0.25, 0.3) is 16.7 Å². The molecule has 0 atom stereocenters. The Morgan fingerprint density at radius 3 is 2.32 bits per heavy atom. The zero-order valence-electron chi connectivity index (χ0n) is 20.7. The molecule has 1 aliphatic carbocycles. The third-order valence-electron chi connectivity index (χ3n) is 6.98. The molecule has 1 saturated heterocycles. The van der Waals surface area contributed by atoms with Crippen LogP contribution >= 0.6 is 0 Å². The number of fused-ring (bicyclic) bond motifs is 3. The molecule has 1 aliphatic heterocycles. The number of allylic oxidation sites excluding steroid dienone is 1. The van der Waals surface area contributed by atoms with Gasteiger partial charge in [0.05, 0.1) is 11.2 Å². The van der Waals surface area contributed by atoms with Crippen molar-refractivity contribution >= 4 is 21.3 Å². The summed E-state index contributed by atoms with van der Waals surface area (Å²) in [5.41, 5.74) is 6.15. The number of benzene rings is 3. The standard InChI is InChI=1S/C28H29N3O5S/c1-37(34,35)30-16-14-29(15-17-30)18-19-36-28-9-5-2-6-21(28)10-12-25-23-7-3-4-8-24(23)26-13-11-22(31(32)33)20-27(25)26/h2-9,11-13,20H,10,14-19H2,1H3/b25-12+. The summed E-state index contributed by atoms with van der Waals surface area (Å²) in [6.07, 6.45) is 4.00. The lowest BCUT2D eigenvalue weighted by Gasteiger charge is -2.33. The van der Waals surface area contributed by atoms with E-state index in [1.807, 2.05) is 48.5 Å². The van der Waals surface area contributed by atoms with E-state index in [2.05, 4.69) is 17.0 Å². The smallest absolute Gasteiger partial charge is 0.270 e. The molecule has 9 heteroatoms. The Labute approximate surface area is 217 Å². The minimum absolute atomic E-state index is 0.0820. The second kappa shape index (κ2) is 10.5. The number of hydrogen-bond donors (Lipinski definition) is 0. The largest absolute Gasteiger partial charge is 0.492 e. The second-order valence-electron chi connectivity index (χ2n) is 9.31. The van der Waals surface area contributed by atoms with Crippen LogP contribution in [0.5, 0.6) is 5.75 Å². The highest BCUT2D eigenvalue weighted by molar-refractivity contribution is 7.88. The lowest BCUT2D eigenvalue weighted by atomic mass is 10.0. The number of para-hydroxylation sites is 1. The molecule has 1 fully saturated rings. The molecular formula is C28H29N3O5S. The van der Waals surface area contributed by atoms with Gasteiger partial charge in [-0.15, -0.1) is 0 Å². The monoisotopic (exact) mass is 519 g/mol. The number of sulfonamides is 1. The van der Waals surface area contributed by atoms with Crippen molar-refractivity contribution in [1.82, 2.24) is 9.21 Å². The molecule has 3 aromatic carbocycles. The molecule has 0 aromatic heterocycles. The van der Waals surface area contributed by atoms with Crippen LogP contribution in [-0.2, 0) is 16.4 Å². The quantitative estimate of drug-likeness (QED) is 0.256. The molecule has 2 aliphatic rings. The summed E-state index contributed by atoms with van der Waals surface area (Å²) >= 11 is 0. The lowest BCUT2D eigenvalue weighted by molar-refractivity contribution is -0.384. The molecule has 3 aromatic rings. The second-order valence-corrected chi connectivity index (χ2v) is 11.3. The van der Waals surface area contributed by atoms with Crippen LogP contribution in [0.3, 0.4) is 0 Å². The van der Waals surface area contributed by atoms with Crippen molar-refractivity contribution in [2.75, 3.05) is 45.6 Å². The van der Waals surface area contributed by atoms with Crippen molar-refractivity contribution in [3.8, 4) is 16.9 Å². The molecule has 5 rings (SSSR count). The van der Waals surface area contributed by atoms with Crippen LogP contribution in [0, 0.1) is 10.1 Å². The zero-order chi connectivity index (χ0) is 26.0. The van der Waals surface area contributed by atoms with E-state index in [0.717, 1.165) is 45.7 Å². The van der Waals surface area contributed by atoms with E-state index < -0.39 is 10.0 Å². The number of nitrogens with zero attached hydrogens (tertiary/aromatic N) is 3. The number of nitro benzene ring substituents is 1. The SMILES string of the molecule is CS(=O)(=O)N1CCN(CCOc2ccccc2C/C=C2\c3ccccc3-c3ccc([N+](=O)[O-])cc32)CC1. The van der Waals surface area contributed by atoms with E-state index in [1.165, 1.54) is 10.6 Å². The van der Waals surface area contributed by atoms with E-state index in [1.54, 1.807) is 12.1 Å². The molecule has 192 valence electrons. The molecular weight excluding hydrogens is 490 g/mol. The number of hydrogen-bond acceptors (Lipinski definition) is 6. The maximum atomic E-state index is 11.7. The Morgan fingerprint density at radius 1 is 0.919 bits per heavy atom. The van der Waals surface area contributed by atoms with Gasteiger partial charge in [-0.1, -0.05) is 48.5 Å². The maximum Gasteiger partial charge on any atom is 0.270 e. The molecule has 0 amide bonds. The Bertz CT molecular complexity index is 1460. The van der Waals surface area contributed by atoms with E-state index in [4.69, 9.17) is 4.74 Å². The highest BCUT2D eigenvalue weighted by Gasteiger charge is 2.25. The first-order chi connectivity index (χ1) is 17.8. The molecule has 8 nitrogen and oxygen atoms in total. The minimum Gasteiger partial charge on any atom is -0.492 e. The first-order valence-corrected chi connectivity index (χ1v) is 14.1. The zero-order valence-corrected chi connectivity index (χ0v) is 21.5. The third kappa shape index (κ3) is 5.44. The van der Waals surface area contributed by atoms with Gasteiger partial charge in [-0.3, -0.25) is 15.0 Å². The van der Waals surface area contributed by atoms with Gasteiger partial charge in [0, 0.05) is 44.9 Å². The van der Waals surface area contributed by atoms with Crippen LogP contribution in [0.1, 0.15) is 16.7 Å². The average molecular weight is 520 g/mol. The van der Waals surface area contributed by atoms with Crippen LogP contribution in [0.15, 0.2) is 72.8 Å². The molecule has 0 bridgehead atoms. The van der Waals surface area contributed by atoms with Gasteiger partial charge in [-0.2, -0.15) is 4.31 Å². The van der Waals surface area contributed by atoms with Gasteiger partial charge in [0.25, 0.3) is 5.69 Å². The molecule has 1 heterocycles. The van der Waals surface area contributed by atoms with E-state index >= 15 is 0 Å².